The van der Waals surface area contributed by atoms with Gasteiger partial charge in [0.2, 0.25) is 5.91 Å². The molecule has 6 nitrogen and oxygen atoms in total. The van der Waals surface area contributed by atoms with Crippen LogP contribution in [0.4, 0.5) is 24.5 Å². The zero-order chi connectivity index (χ0) is 24.2. The van der Waals surface area contributed by atoms with E-state index < -0.39 is 34.2 Å². The van der Waals surface area contributed by atoms with Crippen molar-refractivity contribution in [2.24, 2.45) is 0 Å². The van der Waals surface area contributed by atoms with Crippen LogP contribution in [0.15, 0.2) is 77.7 Å². The average Bonchev–Trinajstić information content (AvgIpc) is 2.77. The quantitative estimate of drug-likeness (QED) is 0.527. The molecule has 0 saturated heterocycles. The van der Waals surface area contributed by atoms with E-state index in [0.29, 0.717) is 5.56 Å². The summed E-state index contributed by atoms with van der Waals surface area (Å²) in [5.74, 6) is -0.613. The number of sulfonamides is 1. The first-order valence-electron chi connectivity index (χ1n) is 9.72. The van der Waals surface area contributed by atoms with Gasteiger partial charge in [0, 0.05) is 5.69 Å². The van der Waals surface area contributed by atoms with Gasteiger partial charge in [-0.25, -0.2) is 8.42 Å². The molecular formula is C23H21F3N2O4S. The zero-order valence-electron chi connectivity index (χ0n) is 17.8. The third kappa shape index (κ3) is 5.64. The Morgan fingerprint density at radius 1 is 1.00 bits per heavy atom. The van der Waals surface area contributed by atoms with Gasteiger partial charge in [0.15, 0.2) is 0 Å². The van der Waals surface area contributed by atoms with Gasteiger partial charge < -0.3 is 10.1 Å². The van der Waals surface area contributed by atoms with Crippen LogP contribution in [0.25, 0.3) is 0 Å². The second-order valence-corrected chi connectivity index (χ2v) is 8.96. The summed E-state index contributed by atoms with van der Waals surface area (Å²) < 4.78 is 71.5. The summed E-state index contributed by atoms with van der Waals surface area (Å²) in [4.78, 5) is 12.6. The molecule has 0 bridgehead atoms. The van der Waals surface area contributed by atoms with E-state index in [-0.39, 0.29) is 22.0 Å². The van der Waals surface area contributed by atoms with Crippen LogP contribution in [0.5, 0.6) is 5.75 Å². The van der Waals surface area contributed by atoms with Crippen molar-refractivity contribution in [2.75, 3.05) is 23.3 Å². The van der Waals surface area contributed by atoms with Gasteiger partial charge in [0.1, 0.15) is 17.2 Å². The van der Waals surface area contributed by atoms with Crippen molar-refractivity contribution < 1.29 is 31.1 Å². The summed E-state index contributed by atoms with van der Waals surface area (Å²) in [7, 11) is -2.89. The van der Waals surface area contributed by atoms with Crippen molar-refractivity contribution in [3.8, 4) is 5.75 Å². The largest absolute Gasteiger partial charge is 0.495 e. The van der Waals surface area contributed by atoms with Crippen molar-refractivity contribution >= 4 is 27.3 Å². The molecule has 0 saturated carbocycles. The van der Waals surface area contributed by atoms with Crippen LogP contribution >= 0.6 is 0 Å². The molecule has 0 spiro atoms. The summed E-state index contributed by atoms with van der Waals surface area (Å²) in [5, 5.41) is 2.44. The van der Waals surface area contributed by atoms with Crippen LogP contribution in [0.3, 0.4) is 0 Å². The molecule has 33 heavy (non-hydrogen) atoms. The molecular weight excluding hydrogens is 457 g/mol. The molecule has 3 aromatic carbocycles. The first-order chi connectivity index (χ1) is 15.5. The third-order valence-electron chi connectivity index (χ3n) is 4.71. The van der Waals surface area contributed by atoms with E-state index in [0.717, 1.165) is 28.6 Å². The van der Waals surface area contributed by atoms with Crippen molar-refractivity contribution in [1.82, 2.24) is 0 Å². The Kier molecular flexibility index (Phi) is 6.97. The highest BCUT2D eigenvalue weighted by Gasteiger charge is 2.31. The summed E-state index contributed by atoms with van der Waals surface area (Å²) in [6.45, 7) is 1.12. The minimum Gasteiger partial charge on any atom is -0.495 e. The van der Waals surface area contributed by atoms with Gasteiger partial charge in [0.25, 0.3) is 10.0 Å². The number of ether oxygens (including phenoxy) is 1. The van der Waals surface area contributed by atoms with Gasteiger partial charge in [-0.1, -0.05) is 24.3 Å². The predicted octanol–water partition coefficient (Wildman–Crippen LogP) is 4.86. The topological polar surface area (TPSA) is 75.7 Å². The number of methoxy groups -OCH3 is 1. The van der Waals surface area contributed by atoms with Crippen LogP contribution in [-0.2, 0) is 21.0 Å². The number of nitrogens with one attached hydrogen (secondary N) is 1. The first kappa shape index (κ1) is 24.1. The third-order valence-corrected chi connectivity index (χ3v) is 6.51. The number of halogens is 3. The van der Waals surface area contributed by atoms with Crippen molar-refractivity contribution in [2.45, 2.75) is 18.0 Å². The first-order valence-corrected chi connectivity index (χ1v) is 11.2. The molecule has 174 valence electrons. The Morgan fingerprint density at radius 2 is 1.64 bits per heavy atom. The van der Waals surface area contributed by atoms with Crippen molar-refractivity contribution in [3.05, 3.63) is 83.9 Å². The van der Waals surface area contributed by atoms with E-state index in [2.05, 4.69) is 5.32 Å². The maximum Gasteiger partial charge on any atom is 0.416 e. The number of hydrogen-bond acceptors (Lipinski definition) is 4. The van der Waals surface area contributed by atoms with Crippen LogP contribution < -0.4 is 14.4 Å². The predicted molar refractivity (Wildman–Crippen MR) is 119 cm³/mol. The van der Waals surface area contributed by atoms with Gasteiger partial charge in [-0.2, -0.15) is 13.2 Å². The number of carbonyl (C=O) groups is 1. The summed E-state index contributed by atoms with van der Waals surface area (Å²) in [6.07, 6.45) is -4.51. The van der Waals surface area contributed by atoms with Gasteiger partial charge in [0.05, 0.1) is 18.4 Å². The SMILES string of the molecule is COc1ccc(C)cc1S(=O)(=O)N(CC(=O)Nc1ccc(C(F)(F)F)cc1)c1ccccc1. The number of aryl methyl sites for hydroxylation is 1. The Balaban J connectivity index is 1.93. The lowest BCUT2D eigenvalue weighted by molar-refractivity contribution is -0.137. The molecule has 0 aliphatic carbocycles. The summed E-state index contributed by atoms with van der Waals surface area (Å²) in [6, 6.07) is 16.5. The Hall–Kier alpha value is -3.53. The Bertz CT molecular complexity index is 1230. The number of benzene rings is 3. The maximum atomic E-state index is 13.5. The zero-order valence-corrected chi connectivity index (χ0v) is 18.6. The van der Waals surface area contributed by atoms with E-state index in [1.807, 2.05) is 0 Å². The fraction of sp³-hybridized carbons (Fsp3) is 0.174. The minimum absolute atomic E-state index is 0.103. The molecule has 10 heteroatoms. The number of nitrogens with zero attached hydrogens (tertiary/aromatic N) is 1. The molecule has 0 radical (unpaired) electrons. The monoisotopic (exact) mass is 478 g/mol. The van der Waals surface area contributed by atoms with Crippen molar-refractivity contribution in [3.63, 3.8) is 0 Å². The lowest BCUT2D eigenvalue weighted by Crippen LogP contribution is -2.38. The van der Waals surface area contributed by atoms with Crippen LogP contribution in [0.1, 0.15) is 11.1 Å². The molecule has 0 aromatic heterocycles. The number of alkyl halides is 3. The summed E-state index contributed by atoms with van der Waals surface area (Å²) >= 11 is 0. The highest BCUT2D eigenvalue weighted by Crippen LogP contribution is 2.32. The lowest BCUT2D eigenvalue weighted by atomic mass is 10.2. The Morgan fingerprint density at radius 3 is 2.21 bits per heavy atom. The molecule has 0 fully saturated rings. The normalized spacial score (nSPS) is 11.7. The van der Waals surface area contributed by atoms with E-state index in [4.69, 9.17) is 4.74 Å². The fourth-order valence-corrected chi connectivity index (χ4v) is 4.75. The number of anilines is 2. The number of rotatable bonds is 7. The van der Waals surface area contributed by atoms with Gasteiger partial charge in [-0.3, -0.25) is 9.10 Å². The number of carbonyl (C=O) groups excluding carboxylic acids is 1. The molecule has 0 unspecified atom stereocenters. The molecule has 1 amide bonds. The fourth-order valence-electron chi connectivity index (χ4n) is 3.09. The number of para-hydroxylation sites is 1. The van der Waals surface area contributed by atoms with Gasteiger partial charge in [-0.15, -0.1) is 0 Å². The van der Waals surface area contributed by atoms with Crippen LogP contribution in [-0.4, -0.2) is 28.0 Å². The van der Waals surface area contributed by atoms with Crippen LogP contribution in [0.2, 0.25) is 0 Å². The van der Waals surface area contributed by atoms with Crippen molar-refractivity contribution in [1.29, 1.82) is 0 Å². The van der Waals surface area contributed by atoms with E-state index in [1.54, 1.807) is 31.2 Å². The van der Waals surface area contributed by atoms with E-state index in [9.17, 15) is 26.4 Å². The van der Waals surface area contributed by atoms with E-state index >= 15 is 0 Å². The second-order valence-electron chi connectivity index (χ2n) is 7.12. The molecule has 3 aromatic rings. The Labute approximate surface area is 189 Å². The second kappa shape index (κ2) is 9.53. The summed E-state index contributed by atoms with van der Waals surface area (Å²) in [5.41, 5.74) is 0.160. The molecule has 0 heterocycles. The van der Waals surface area contributed by atoms with Gasteiger partial charge in [-0.05, 0) is 61.0 Å². The molecule has 0 atom stereocenters. The molecule has 1 N–H and O–H groups in total. The average molecular weight is 478 g/mol. The van der Waals surface area contributed by atoms with E-state index in [1.165, 1.54) is 31.4 Å². The maximum absolute atomic E-state index is 13.5. The smallest absolute Gasteiger partial charge is 0.416 e. The van der Waals surface area contributed by atoms with Crippen LogP contribution in [0, 0.1) is 6.92 Å². The highest BCUT2D eigenvalue weighted by molar-refractivity contribution is 7.93. The molecule has 0 aliphatic heterocycles. The molecule has 0 aliphatic rings. The minimum atomic E-state index is -4.51. The van der Waals surface area contributed by atoms with Gasteiger partial charge >= 0.3 is 6.18 Å². The molecule has 3 rings (SSSR count). The standard InChI is InChI=1S/C23H21F3N2O4S/c1-16-8-13-20(32-2)21(14-16)33(30,31)28(19-6-4-3-5-7-19)15-22(29)27-18-11-9-17(10-12-18)23(24,25)26/h3-14H,15H2,1-2H3,(H,27,29). The number of hydrogen-bond donors (Lipinski definition) is 1. The lowest BCUT2D eigenvalue weighted by Gasteiger charge is -2.25. The highest BCUT2D eigenvalue weighted by atomic mass is 32.2. The number of amides is 1.